The molecule has 1 rings (SSSR count). The van der Waals surface area contributed by atoms with Crippen LogP contribution < -0.4 is 5.73 Å². The van der Waals surface area contributed by atoms with E-state index in [1.807, 2.05) is 0 Å². The van der Waals surface area contributed by atoms with E-state index >= 15 is 0 Å². The predicted molar refractivity (Wildman–Crippen MR) is 43.7 cm³/mol. The van der Waals surface area contributed by atoms with Gasteiger partial charge in [-0.05, 0) is 17.7 Å². The second-order valence-corrected chi connectivity index (χ2v) is 2.72. The highest BCUT2D eigenvalue weighted by molar-refractivity contribution is 6.68. The second kappa shape index (κ2) is 3.83. The molecular formula is C7H4ClF3N2O. The van der Waals surface area contributed by atoms with E-state index in [-0.39, 0.29) is 0 Å². The first-order chi connectivity index (χ1) is 6.43. The van der Waals surface area contributed by atoms with E-state index in [0.29, 0.717) is 6.07 Å². The van der Waals surface area contributed by atoms with Crippen molar-refractivity contribution in [3.05, 3.63) is 23.1 Å². The van der Waals surface area contributed by atoms with E-state index in [9.17, 15) is 18.0 Å². The maximum atomic E-state index is 12.7. The third kappa shape index (κ3) is 1.95. The number of hydrogen-bond donors (Lipinski definition) is 1. The van der Waals surface area contributed by atoms with Crippen LogP contribution in [0.3, 0.4) is 0 Å². The van der Waals surface area contributed by atoms with Crippen LogP contribution in [0.2, 0.25) is 0 Å². The molecule has 0 aliphatic heterocycles. The van der Waals surface area contributed by atoms with E-state index in [4.69, 9.17) is 17.3 Å². The first kappa shape index (κ1) is 10.8. The molecule has 0 spiro atoms. The van der Waals surface area contributed by atoms with Crippen LogP contribution in [-0.4, -0.2) is 10.2 Å². The summed E-state index contributed by atoms with van der Waals surface area (Å²) in [6, 6.07) is 0.595. The van der Waals surface area contributed by atoms with Gasteiger partial charge >= 0.3 is 0 Å². The Morgan fingerprint density at radius 3 is 2.57 bits per heavy atom. The van der Waals surface area contributed by atoms with Crippen molar-refractivity contribution in [1.82, 2.24) is 4.98 Å². The lowest BCUT2D eigenvalue weighted by Crippen LogP contribution is -2.06. The van der Waals surface area contributed by atoms with Gasteiger partial charge in [0.15, 0.2) is 0 Å². The lowest BCUT2D eigenvalue weighted by molar-refractivity contribution is 0.108. The molecule has 7 heteroatoms. The fourth-order valence-corrected chi connectivity index (χ4v) is 0.981. The smallest absolute Gasteiger partial charge is 0.268 e. The number of aromatic nitrogens is 1. The summed E-state index contributed by atoms with van der Waals surface area (Å²) >= 11 is 5.01. The quantitative estimate of drug-likeness (QED) is 0.618. The Morgan fingerprint density at radius 1 is 1.57 bits per heavy atom. The normalized spacial score (nSPS) is 10.6. The van der Waals surface area contributed by atoms with E-state index in [0.717, 1.165) is 0 Å². The SMILES string of the molecule is Nc1nc(F)c(C(F)F)cc1C(=O)Cl. The van der Waals surface area contributed by atoms with Gasteiger partial charge in [0.05, 0.1) is 11.1 Å². The Labute approximate surface area is 81.7 Å². The maximum Gasteiger partial charge on any atom is 0.268 e. The number of nitrogens with two attached hydrogens (primary N) is 1. The van der Waals surface area contributed by atoms with Crippen molar-refractivity contribution in [1.29, 1.82) is 0 Å². The van der Waals surface area contributed by atoms with Crippen LogP contribution in [0, 0.1) is 5.95 Å². The van der Waals surface area contributed by atoms with E-state index in [1.54, 1.807) is 0 Å². The number of halogens is 4. The Hall–Kier alpha value is -1.30. The van der Waals surface area contributed by atoms with Gasteiger partial charge in [0.25, 0.3) is 11.7 Å². The Kier molecular flexibility index (Phi) is 2.95. The van der Waals surface area contributed by atoms with Crippen molar-refractivity contribution in [3.8, 4) is 0 Å². The summed E-state index contributed by atoms with van der Waals surface area (Å²) in [5.41, 5.74) is 3.67. The Morgan fingerprint density at radius 2 is 2.14 bits per heavy atom. The van der Waals surface area contributed by atoms with Crippen molar-refractivity contribution in [2.75, 3.05) is 5.73 Å². The van der Waals surface area contributed by atoms with Crippen LogP contribution in [0.5, 0.6) is 0 Å². The molecule has 0 aromatic carbocycles. The van der Waals surface area contributed by atoms with Crippen LogP contribution >= 0.6 is 11.6 Å². The maximum absolute atomic E-state index is 12.7. The lowest BCUT2D eigenvalue weighted by Gasteiger charge is -2.04. The van der Waals surface area contributed by atoms with Crippen molar-refractivity contribution in [3.63, 3.8) is 0 Å². The first-order valence-corrected chi connectivity index (χ1v) is 3.75. The molecule has 0 aliphatic rings. The summed E-state index contributed by atoms with van der Waals surface area (Å²) < 4.78 is 37.0. The molecule has 0 aliphatic carbocycles. The number of rotatable bonds is 2. The van der Waals surface area contributed by atoms with E-state index < -0.39 is 34.6 Å². The van der Waals surface area contributed by atoms with Crippen molar-refractivity contribution in [2.24, 2.45) is 0 Å². The molecule has 1 aromatic heterocycles. The molecule has 76 valence electrons. The number of pyridine rings is 1. The minimum Gasteiger partial charge on any atom is -0.383 e. The van der Waals surface area contributed by atoms with Gasteiger partial charge in [-0.25, -0.2) is 13.8 Å². The van der Waals surface area contributed by atoms with Gasteiger partial charge in [-0.3, -0.25) is 4.79 Å². The van der Waals surface area contributed by atoms with Gasteiger partial charge in [-0.15, -0.1) is 0 Å². The second-order valence-electron chi connectivity index (χ2n) is 2.38. The molecule has 0 bridgehead atoms. The fraction of sp³-hybridized carbons (Fsp3) is 0.143. The fourth-order valence-electron chi connectivity index (χ4n) is 0.830. The molecule has 3 nitrogen and oxygen atoms in total. The average molecular weight is 225 g/mol. The Bertz CT molecular complexity index is 383. The molecule has 0 atom stereocenters. The van der Waals surface area contributed by atoms with Gasteiger partial charge < -0.3 is 5.73 Å². The molecule has 0 saturated heterocycles. The third-order valence-electron chi connectivity index (χ3n) is 1.48. The number of nitrogen functional groups attached to an aromatic ring is 1. The molecule has 0 radical (unpaired) electrons. The highest BCUT2D eigenvalue weighted by Gasteiger charge is 2.19. The molecule has 0 fully saturated rings. The number of carbonyl (C=O) groups excluding carboxylic acids is 1. The number of hydrogen-bond acceptors (Lipinski definition) is 3. The standard InChI is InChI=1S/C7H4ClF3N2O/c8-4(14)2-1-3(5(9)10)6(11)13-7(2)12/h1,5H,(H2,12,13). The number of anilines is 1. The highest BCUT2D eigenvalue weighted by Crippen LogP contribution is 2.24. The van der Waals surface area contributed by atoms with Crippen LogP contribution in [-0.2, 0) is 0 Å². The molecule has 1 aromatic rings. The van der Waals surface area contributed by atoms with Crippen molar-refractivity contribution >= 4 is 22.7 Å². The van der Waals surface area contributed by atoms with Crippen LogP contribution in [0.25, 0.3) is 0 Å². The summed E-state index contributed by atoms with van der Waals surface area (Å²) in [6.07, 6.45) is -3.07. The zero-order valence-corrected chi connectivity index (χ0v) is 7.36. The van der Waals surface area contributed by atoms with Crippen LogP contribution in [0.15, 0.2) is 6.07 Å². The zero-order chi connectivity index (χ0) is 10.9. The van der Waals surface area contributed by atoms with Gasteiger partial charge in [-0.2, -0.15) is 4.39 Å². The molecule has 1 heterocycles. The molecule has 0 saturated carbocycles. The summed E-state index contributed by atoms with van der Waals surface area (Å²) in [5.74, 6) is -1.91. The molecule has 0 amide bonds. The number of carbonyl (C=O) groups is 1. The lowest BCUT2D eigenvalue weighted by atomic mass is 10.2. The monoisotopic (exact) mass is 224 g/mol. The molecule has 0 unspecified atom stereocenters. The van der Waals surface area contributed by atoms with Crippen LogP contribution in [0.1, 0.15) is 22.3 Å². The third-order valence-corrected chi connectivity index (χ3v) is 1.68. The average Bonchev–Trinajstić information content (AvgIpc) is 2.02. The summed E-state index contributed by atoms with van der Waals surface area (Å²) in [4.78, 5) is 13.6. The van der Waals surface area contributed by atoms with Crippen molar-refractivity contribution < 1.29 is 18.0 Å². The number of alkyl halides is 2. The van der Waals surface area contributed by atoms with Gasteiger partial charge in [-0.1, -0.05) is 0 Å². The van der Waals surface area contributed by atoms with Gasteiger partial charge in [0.1, 0.15) is 5.82 Å². The zero-order valence-electron chi connectivity index (χ0n) is 6.60. The summed E-state index contributed by atoms with van der Waals surface area (Å²) in [5, 5.41) is -1.06. The van der Waals surface area contributed by atoms with E-state index in [1.165, 1.54) is 0 Å². The Balaban J connectivity index is 3.34. The summed E-state index contributed by atoms with van der Waals surface area (Å²) in [6.45, 7) is 0. The highest BCUT2D eigenvalue weighted by atomic mass is 35.5. The number of nitrogens with zero attached hydrogens (tertiary/aromatic N) is 1. The van der Waals surface area contributed by atoms with Crippen LogP contribution in [0.4, 0.5) is 19.0 Å². The molecule has 14 heavy (non-hydrogen) atoms. The minimum atomic E-state index is -3.07. The molecular weight excluding hydrogens is 221 g/mol. The largest absolute Gasteiger partial charge is 0.383 e. The topological polar surface area (TPSA) is 56.0 Å². The van der Waals surface area contributed by atoms with E-state index in [2.05, 4.69) is 4.98 Å². The predicted octanol–water partition coefficient (Wildman–Crippen LogP) is 2.12. The summed E-state index contributed by atoms with van der Waals surface area (Å²) in [7, 11) is 0. The minimum absolute atomic E-state index is 0.427. The molecule has 2 N–H and O–H groups in total. The van der Waals surface area contributed by atoms with Crippen molar-refractivity contribution in [2.45, 2.75) is 6.43 Å². The first-order valence-electron chi connectivity index (χ1n) is 3.37. The van der Waals surface area contributed by atoms with Gasteiger partial charge in [0, 0.05) is 0 Å². The van der Waals surface area contributed by atoms with Gasteiger partial charge in [0.2, 0.25) is 5.95 Å².